The fourth-order valence-electron chi connectivity index (χ4n) is 2.41. The van der Waals surface area contributed by atoms with Crippen LogP contribution in [-0.4, -0.2) is 36.5 Å². The highest BCUT2D eigenvalue weighted by Gasteiger charge is 2.26. The van der Waals surface area contributed by atoms with E-state index in [1.165, 1.54) is 0 Å². The summed E-state index contributed by atoms with van der Waals surface area (Å²) in [5, 5.41) is 3.36. The molecule has 0 bridgehead atoms. The van der Waals surface area contributed by atoms with Crippen molar-refractivity contribution in [3.63, 3.8) is 0 Å². The molecule has 0 saturated carbocycles. The number of rotatable bonds is 1. The minimum Gasteiger partial charge on any atom is -0.340 e. The normalized spacial score (nSPS) is 29.7. The van der Waals surface area contributed by atoms with Crippen LogP contribution >= 0.6 is 12.4 Å². The van der Waals surface area contributed by atoms with Crippen molar-refractivity contribution in [3.8, 4) is 0 Å². The number of hydrogen-bond donors (Lipinski definition) is 1. The van der Waals surface area contributed by atoms with Crippen molar-refractivity contribution in [1.29, 1.82) is 0 Å². The minimum absolute atomic E-state index is 0. The van der Waals surface area contributed by atoms with Gasteiger partial charge in [0.25, 0.3) is 0 Å². The molecule has 1 N–H and O–H groups in total. The first-order chi connectivity index (χ1) is 7.27. The summed E-state index contributed by atoms with van der Waals surface area (Å²) in [4.78, 5) is 14.2. The molecule has 0 aromatic heterocycles. The van der Waals surface area contributed by atoms with E-state index in [2.05, 4.69) is 24.4 Å². The average molecular weight is 245 g/mol. The third kappa shape index (κ3) is 3.22. The molecule has 1 aliphatic carbocycles. The van der Waals surface area contributed by atoms with Gasteiger partial charge in [0.1, 0.15) is 0 Å². The summed E-state index contributed by atoms with van der Waals surface area (Å²) in [6.07, 6.45) is 7.38. The molecule has 2 aliphatic rings. The highest BCUT2D eigenvalue weighted by atomic mass is 35.5. The predicted molar refractivity (Wildman–Crippen MR) is 67.8 cm³/mol. The summed E-state index contributed by atoms with van der Waals surface area (Å²) in [7, 11) is 0. The first kappa shape index (κ1) is 13.5. The molecule has 1 amide bonds. The zero-order chi connectivity index (χ0) is 10.7. The summed E-state index contributed by atoms with van der Waals surface area (Å²) in [6.45, 7) is 4.83. The highest BCUT2D eigenvalue weighted by molar-refractivity contribution is 5.85. The van der Waals surface area contributed by atoms with Gasteiger partial charge >= 0.3 is 0 Å². The Morgan fingerprint density at radius 1 is 1.44 bits per heavy atom. The van der Waals surface area contributed by atoms with Crippen molar-refractivity contribution in [2.45, 2.75) is 32.2 Å². The third-order valence-corrected chi connectivity index (χ3v) is 3.30. The number of allylic oxidation sites excluding steroid dienone is 2. The number of amides is 1. The molecular weight excluding hydrogens is 224 g/mol. The molecule has 0 radical (unpaired) electrons. The molecule has 1 heterocycles. The smallest absolute Gasteiger partial charge is 0.226 e. The van der Waals surface area contributed by atoms with E-state index < -0.39 is 0 Å². The van der Waals surface area contributed by atoms with Crippen LogP contribution in [0.5, 0.6) is 0 Å². The molecule has 3 nitrogen and oxygen atoms in total. The van der Waals surface area contributed by atoms with E-state index in [0.29, 0.717) is 11.9 Å². The van der Waals surface area contributed by atoms with E-state index in [4.69, 9.17) is 0 Å². The molecule has 1 saturated heterocycles. The summed E-state index contributed by atoms with van der Waals surface area (Å²) in [5.41, 5.74) is 0. The Kier molecular flexibility index (Phi) is 5.29. The second-order valence-corrected chi connectivity index (χ2v) is 4.62. The van der Waals surface area contributed by atoms with Crippen molar-refractivity contribution >= 4 is 18.3 Å². The van der Waals surface area contributed by atoms with E-state index in [1.807, 2.05) is 4.90 Å². The van der Waals surface area contributed by atoms with E-state index in [-0.39, 0.29) is 18.3 Å². The Morgan fingerprint density at radius 3 is 2.88 bits per heavy atom. The van der Waals surface area contributed by atoms with Gasteiger partial charge in [0.05, 0.1) is 0 Å². The summed E-state index contributed by atoms with van der Waals surface area (Å²) in [5.74, 6) is 0.619. The molecule has 0 aromatic carbocycles. The second-order valence-electron chi connectivity index (χ2n) is 4.62. The van der Waals surface area contributed by atoms with Gasteiger partial charge in [-0.1, -0.05) is 12.2 Å². The molecule has 0 spiro atoms. The SMILES string of the molecule is C[C@@H]1CN(C(=O)C2CC=CCC2)CCN1.Cl. The summed E-state index contributed by atoms with van der Waals surface area (Å²) in [6, 6.07) is 0.446. The lowest BCUT2D eigenvalue weighted by Gasteiger charge is -2.34. The van der Waals surface area contributed by atoms with Gasteiger partial charge in [0, 0.05) is 31.6 Å². The molecule has 4 heteroatoms. The summed E-state index contributed by atoms with van der Waals surface area (Å²) >= 11 is 0. The zero-order valence-corrected chi connectivity index (χ0v) is 10.6. The predicted octanol–water partition coefficient (Wildman–Crippen LogP) is 1.58. The molecule has 1 aliphatic heterocycles. The minimum atomic E-state index is 0. The quantitative estimate of drug-likeness (QED) is 0.711. The highest BCUT2D eigenvalue weighted by Crippen LogP contribution is 2.21. The van der Waals surface area contributed by atoms with E-state index >= 15 is 0 Å². The maximum absolute atomic E-state index is 12.2. The zero-order valence-electron chi connectivity index (χ0n) is 9.82. The fourth-order valence-corrected chi connectivity index (χ4v) is 2.41. The standard InChI is InChI=1S/C12H20N2O.ClH/c1-10-9-14(8-7-13-10)12(15)11-5-3-2-4-6-11;/h2-3,10-11,13H,4-9H2,1H3;1H/t10-,11?;/m1./s1. The number of nitrogens with zero attached hydrogens (tertiary/aromatic N) is 1. The Morgan fingerprint density at radius 2 is 2.25 bits per heavy atom. The lowest BCUT2D eigenvalue weighted by molar-refractivity contribution is -0.136. The number of carbonyl (C=O) groups is 1. The first-order valence-corrected chi connectivity index (χ1v) is 5.94. The molecule has 1 unspecified atom stereocenters. The molecule has 92 valence electrons. The van der Waals surface area contributed by atoms with Crippen LogP contribution in [0.2, 0.25) is 0 Å². The maximum Gasteiger partial charge on any atom is 0.226 e. The van der Waals surface area contributed by atoms with Crippen LogP contribution in [0.1, 0.15) is 26.2 Å². The maximum atomic E-state index is 12.2. The molecular formula is C12H21ClN2O. The Bertz CT molecular complexity index is 268. The largest absolute Gasteiger partial charge is 0.340 e. The van der Waals surface area contributed by atoms with Crippen molar-refractivity contribution in [2.24, 2.45) is 5.92 Å². The van der Waals surface area contributed by atoms with Crippen LogP contribution in [0, 0.1) is 5.92 Å². The van der Waals surface area contributed by atoms with Gasteiger partial charge in [0.15, 0.2) is 0 Å². The van der Waals surface area contributed by atoms with E-state index in [1.54, 1.807) is 0 Å². The number of piperazine rings is 1. The Hall–Kier alpha value is -0.540. The monoisotopic (exact) mass is 244 g/mol. The van der Waals surface area contributed by atoms with Crippen molar-refractivity contribution < 1.29 is 4.79 Å². The van der Waals surface area contributed by atoms with Gasteiger partial charge < -0.3 is 10.2 Å². The Labute approximate surface area is 104 Å². The van der Waals surface area contributed by atoms with Gasteiger partial charge in [-0.05, 0) is 26.2 Å². The van der Waals surface area contributed by atoms with Crippen molar-refractivity contribution in [3.05, 3.63) is 12.2 Å². The molecule has 0 aromatic rings. The lowest BCUT2D eigenvalue weighted by Crippen LogP contribution is -2.52. The number of hydrogen-bond acceptors (Lipinski definition) is 2. The molecule has 1 fully saturated rings. The van der Waals surface area contributed by atoms with E-state index in [0.717, 1.165) is 38.9 Å². The number of nitrogens with one attached hydrogen (secondary N) is 1. The van der Waals surface area contributed by atoms with Crippen molar-refractivity contribution in [1.82, 2.24) is 10.2 Å². The number of carbonyl (C=O) groups excluding carboxylic acids is 1. The van der Waals surface area contributed by atoms with Gasteiger partial charge in [0.2, 0.25) is 5.91 Å². The van der Waals surface area contributed by atoms with Crippen LogP contribution in [0.3, 0.4) is 0 Å². The lowest BCUT2D eigenvalue weighted by atomic mass is 9.93. The molecule has 16 heavy (non-hydrogen) atoms. The van der Waals surface area contributed by atoms with Gasteiger partial charge in [-0.15, -0.1) is 12.4 Å². The van der Waals surface area contributed by atoms with Crippen LogP contribution in [-0.2, 0) is 4.79 Å². The van der Waals surface area contributed by atoms with Crippen LogP contribution in [0.4, 0.5) is 0 Å². The Balaban J connectivity index is 0.00000128. The van der Waals surface area contributed by atoms with E-state index in [9.17, 15) is 4.79 Å². The van der Waals surface area contributed by atoms with Crippen LogP contribution in [0.25, 0.3) is 0 Å². The topological polar surface area (TPSA) is 32.3 Å². The second kappa shape index (κ2) is 6.26. The van der Waals surface area contributed by atoms with Gasteiger partial charge in [-0.25, -0.2) is 0 Å². The first-order valence-electron chi connectivity index (χ1n) is 5.94. The molecule has 2 atom stereocenters. The van der Waals surface area contributed by atoms with Gasteiger partial charge in [-0.2, -0.15) is 0 Å². The fraction of sp³-hybridized carbons (Fsp3) is 0.750. The number of halogens is 1. The average Bonchev–Trinajstić information content (AvgIpc) is 2.29. The van der Waals surface area contributed by atoms with Crippen LogP contribution in [0.15, 0.2) is 12.2 Å². The van der Waals surface area contributed by atoms with Gasteiger partial charge in [-0.3, -0.25) is 4.79 Å². The van der Waals surface area contributed by atoms with Crippen molar-refractivity contribution in [2.75, 3.05) is 19.6 Å². The van der Waals surface area contributed by atoms with Crippen LogP contribution < -0.4 is 5.32 Å². The summed E-state index contributed by atoms with van der Waals surface area (Å²) < 4.78 is 0. The third-order valence-electron chi connectivity index (χ3n) is 3.30. The molecule has 2 rings (SSSR count).